The first kappa shape index (κ1) is 12.0. The zero-order valence-electron chi connectivity index (χ0n) is 8.77. The van der Waals surface area contributed by atoms with Crippen LogP contribution >= 0.6 is 27.7 Å². The van der Waals surface area contributed by atoms with Crippen LogP contribution in [0, 0.1) is 11.3 Å². The number of anilines is 1. The predicted octanol–water partition coefficient (Wildman–Crippen LogP) is 2.67. The van der Waals surface area contributed by atoms with E-state index < -0.39 is 0 Å². The molecule has 0 aliphatic rings. The van der Waals surface area contributed by atoms with E-state index in [9.17, 15) is 0 Å². The van der Waals surface area contributed by atoms with Crippen LogP contribution in [0.5, 0.6) is 0 Å². The molecular formula is C10H7BrN4OS. The maximum absolute atomic E-state index is 9.15. The Morgan fingerprint density at radius 3 is 2.82 bits per heavy atom. The molecule has 7 heteroatoms. The second-order valence-corrected chi connectivity index (χ2v) is 4.77. The summed E-state index contributed by atoms with van der Waals surface area (Å²) in [5, 5.41) is 9.70. The Kier molecular flexibility index (Phi) is 3.36. The van der Waals surface area contributed by atoms with Crippen molar-refractivity contribution >= 4 is 33.6 Å². The fraction of sp³-hybridized carbons (Fsp3) is 0.100. The highest BCUT2D eigenvalue weighted by Gasteiger charge is 2.17. The lowest BCUT2D eigenvalue weighted by Crippen LogP contribution is -2.01. The van der Waals surface area contributed by atoms with Gasteiger partial charge in [-0.05, 0) is 22.2 Å². The molecule has 0 saturated heterocycles. The first-order chi connectivity index (χ1) is 8.15. The second-order valence-electron chi connectivity index (χ2n) is 3.06. The number of hydrogen-bond donors (Lipinski definition) is 1. The molecule has 17 heavy (non-hydrogen) atoms. The number of hydrogen-bond acceptors (Lipinski definition) is 6. The molecule has 0 unspecified atom stereocenters. The Morgan fingerprint density at radius 2 is 2.29 bits per heavy atom. The van der Waals surface area contributed by atoms with Gasteiger partial charge in [0.2, 0.25) is 5.95 Å². The first-order valence-corrected chi connectivity index (χ1v) is 6.53. The van der Waals surface area contributed by atoms with Crippen molar-refractivity contribution in [1.82, 2.24) is 9.97 Å². The van der Waals surface area contributed by atoms with Gasteiger partial charge >= 0.3 is 0 Å². The normalized spacial score (nSPS) is 10.2. The summed E-state index contributed by atoms with van der Waals surface area (Å²) < 4.78 is 6.07. The third-order valence-corrected chi connectivity index (χ3v) is 3.10. The van der Waals surface area contributed by atoms with Crippen molar-refractivity contribution in [1.29, 1.82) is 5.26 Å². The summed E-state index contributed by atoms with van der Waals surface area (Å²) >= 11 is 4.62. The Labute approximate surface area is 110 Å². The molecule has 2 rings (SSSR count). The molecule has 0 radical (unpaired) electrons. The molecule has 86 valence electrons. The van der Waals surface area contributed by atoms with Gasteiger partial charge in [-0.25, -0.2) is 9.97 Å². The van der Waals surface area contributed by atoms with Crippen LogP contribution in [0.25, 0.3) is 11.5 Å². The number of furan rings is 1. The van der Waals surface area contributed by atoms with E-state index in [1.54, 1.807) is 6.07 Å². The molecule has 5 nitrogen and oxygen atoms in total. The summed E-state index contributed by atoms with van der Waals surface area (Å²) in [6.07, 6.45) is 3.35. The lowest BCUT2D eigenvalue weighted by Gasteiger charge is -2.04. The lowest BCUT2D eigenvalue weighted by atomic mass is 10.2. The van der Waals surface area contributed by atoms with Gasteiger partial charge in [0.15, 0.2) is 5.76 Å². The van der Waals surface area contributed by atoms with Gasteiger partial charge in [-0.3, -0.25) is 0 Å². The van der Waals surface area contributed by atoms with Crippen LogP contribution in [-0.4, -0.2) is 16.2 Å². The highest BCUT2D eigenvalue weighted by Crippen LogP contribution is 2.30. The summed E-state index contributed by atoms with van der Waals surface area (Å²) in [5.74, 6) is 0.605. The van der Waals surface area contributed by atoms with Gasteiger partial charge in [0.1, 0.15) is 28.6 Å². The van der Waals surface area contributed by atoms with E-state index >= 15 is 0 Å². The van der Waals surface area contributed by atoms with Crippen LogP contribution < -0.4 is 5.73 Å². The third kappa shape index (κ3) is 2.28. The fourth-order valence-corrected chi connectivity index (χ4v) is 2.15. The fourth-order valence-electron chi connectivity index (χ4n) is 1.32. The zero-order chi connectivity index (χ0) is 12.4. The summed E-state index contributed by atoms with van der Waals surface area (Å²) in [4.78, 5) is 8.06. The van der Waals surface area contributed by atoms with Crippen molar-refractivity contribution in [2.24, 2.45) is 0 Å². The quantitative estimate of drug-likeness (QED) is 0.677. The van der Waals surface area contributed by atoms with Crippen molar-refractivity contribution in [2.75, 3.05) is 12.0 Å². The number of nitrogens with two attached hydrogens (primary N) is 1. The second kappa shape index (κ2) is 4.77. The van der Waals surface area contributed by atoms with Crippen LogP contribution in [0.1, 0.15) is 5.56 Å². The van der Waals surface area contributed by atoms with Gasteiger partial charge in [-0.15, -0.1) is 11.8 Å². The molecular weight excluding hydrogens is 304 g/mol. The molecule has 0 aromatic carbocycles. The molecule has 0 saturated carbocycles. The number of nitrogens with zero attached hydrogens (tertiary/aromatic N) is 3. The predicted molar refractivity (Wildman–Crippen MR) is 68.3 cm³/mol. The van der Waals surface area contributed by atoms with Crippen LogP contribution in [0.3, 0.4) is 0 Å². The molecule has 0 spiro atoms. The number of nitrogen functional groups attached to an aromatic ring is 1. The molecule has 0 aliphatic carbocycles. The van der Waals surface area contributed by atoms with Crippen LogP contribution in [0.15, 0.2) is 26.2 Å². The summed E-state index contributed by atoms with van der Waals surface area (Å²) in [6, 6.07) is 3.80. The minimum atomic E-state index is 0.121. The number of rotatable bonds is 2. The van der Waals surface area contributed by atoms with Gasteiger partial charge in [0.25, 0.3) is 0 Å². The molecule has 2 aromatic rings. The van der Waals surface area contributed by atoms with Gasteiger partial charge in [-0.1, -0.05) is 0 Å². The zero-order valence-corrected chi connectivity index (χ0v) is 11.2. The number of thioether (sulfide) groups is 1. The molecule has 0 atom stereocenters. The van der Waals surface area contributed by atoms with Gasteiger partial charge < -0.3 is 10.2 Å². The Balaban J connectivity index is 2.68. The van der Waals surface area contributed by atoms with E-state index in [1.807, 2.05) is 6.26 Å². The smallest absolute Gasteiger partial charge is 0.221 e. The first-order valence-electron chi connectivity index (χ1n) is 4.51. The molecule has 2 aromatic heterocycles. The van der Waals surface area contributed by atoms with Crippen molar-refractivity contribution in [3.8, 4) is 17.5 Å². The SMILES string of the molecule is CSc1nc(N)nc(-c2cc(Br)co2)c1C#N. The van der Waals surface area contributed by atoms with E-state index in [0.717, 1.165) is 4.47 Å². The molecule has 0 bridgehead atoms. The van der Waals surface area contributed by atoms with Crippen molar-refractivity contribution in [3.63, 3.8) is 0 Å². The number of nitriles is 1. The van der Waals surface area contributed by atoms with Gasteiger partial charge in [0.05, 0.1) is 4.47 Å². The van der Waals surface area contributed by atoms with Gasteiger partial charge in [-0.2, -0.15) is 5.26 Å². The summed E-state index contributed by atoms with van der Waals surface area (Å²) in [6.45, 7) is 0. The maximum atomic E-state index is 9.15. The van der Waals surface area contributed by atoms with E-state index in [1.165, 1.54) is 18.0 Å². The minimum Gasteiger partial charge on any atom is -0.461 e. The van der Waals surface area contributed by atoms with E-state index in [-0.39, 0.29) is 5.95 Å². The molecule has 2 N–H and O–H groups in total. The average molecular weight is 311 g/mol. The highest BCUT2D eigenvalue weighted by molar-refractivity contribution is 9.10. The summed E-state index contributed by atoms with van der Waals surface area (Å²) in [5.41, 5.74) is 6.39. The summed E-state index contributed by atoms with van der Waals surface area (Å²) in [7, 11) is 0. The molecule has 0 amide bonds. The Bertz CT molecular complexity index is 605. The number of aromatic nitrogens is 2. The topological polar surface area (TPSA) is 88.7 Å². The van der Waals surface area contributed by atoms with E-state index in [2.05, 4.69) is 32.0 Å². The largest absolute Gasteiger partial charge is 0.461 e. The van der Waals surface area contributed by atoms with Crippen LogP contribution in [0.2, 0.25) is 0 Å². The average Bonchev–Trinajstić information content (AvgIpc) is 2.74. The van der Waals surface area contributed by atoms with E-state index in [4.69, 9.17) is 15.4 Å². The van der Waals surface area contributed by atoms with E-state index in [0.29, 0.717) is 22.0 Å². The van der Waals surface area contributed by atoms with Crippen molar-refractivity contribution in [2.45, 2.75) is 5.03 Å². The monoisotopic (exact) mass is 310 g/mol. The van der Waals surface area contributed by atoms with Crippen LogP contribution in [-0.2, 0) is 0 Å². The molecule has 2 heterocycles. The maximum Gasteiger partial charge on any atom is 0.221 e. The third-order valence-electron chi connectivity index (χ3n) is 2.00. The highest BCUT2D eigenvalue weighted by atomic mass is 79.9. The van der Waals surface area contributed by atoms with Crippen molar-refractivity contribution in [3.05, 3.63) is 22.4 Å². The van der Waals surface area contributed by atoms with Crippen LogP contribution in [0.4, 0.5) is 5.95 Å². The Morgan fingerprint density at radius 1 is 1.53 bits per heavy atom. The number of halogens is 1. The standard InChI is InChI=1S/C10H7BrN4OS/c1-17-9-6(3-12)8(14-10(13)15-9)7-2-5(11)4-16-7/h2,4H,1H3,(H2,13,14,15). The lowest BCUT2D eigenvalue weighted by molar-refractivity contribution is 0.578. The van der Waals surface area contributed by atoms with Gasteiger partial charge in [0, 0.05) is 6.07 Å². The minimum absolute atomic E-state index is 0.121. The molecule has 0 fully saturated rings. The van der Waals surface area contributed by atoms with Crippen molar-refractivity contribution < 1.29 is 4.42 Å². The Hall–Kier alpha value is -1.52. The molecule has 0 aliphatic heterocycles.